The summed E-state index contributed by atoms with van der Waals surface area (Å²) in [6.45, 7) is 3.79. The van der Waals surface area contributed by atoms with E-state index in [1.807, 2.05) is 12.1 Å². The molecule has 318 valence electrons. The van der Waals surface area contributed by atoms with Crippen LogP contribution in [0.2, 0.25) is 0 Å². The van der Waals surface area contributed by atoms with Crippen molar-refractivity contribution in [2.45, 2.75) is 180 Å². The van der Waals surface area contributed by atoms with Gasteiger partial charge in [0.25, 0.3) is 0 Å². The highest BCUT2D eigenvalue weighted by molar-refractivity contribution is 6.41. The van der Waals surface area contributed by atoms with Crippen LogP contribution in [0.1, 0.15) is 185 Å². The lowest BCUT2D eigenvalue weighted by atomic mass is 9.79. The van der Waals surface area contributed by atoms with Gasteiger partial charge in [-0.2, -0.15) is 0 Å². The zero-order valence-electron chi connectivity index (χ0n) is 36.0. The van der Waals surface area contributed by atoms with Crippen molar-refractivity contribution in [2.24, 2.45) is 23.7 Å². The van der Waals surface area contributed by atoms with Crippen molar-refractivity contribution >= 4 is 22.8 Å². The lowest BCUT2D eigenvalue weighted by Gasteiger charge is -2.29. The van der Waals surface area contributed by atoms with Crippen molar-refractivity contribution in [2.75, 3.05) is 31.1 Å². The third-order valence-electron chi connectivity index (χ3n) is 15.2. The Morgan fingerprint density at radius 2 is 0.948 bits per heavy atom. The second-order valence-corrected chi connectivity index (χ2v) is 19.4. The molecular weight excluding hydrogens is 717 g/mol. The third-order valence-corrected chi connectivity index (χ3v) is 15.2. The summed E-state index contributed by atoms with van der Waals surface area (Å²) in [5.74, 6) is 2.79. The van der Waals surface area contributed by atoms with Crippen LogP contribution in [0.25, 0.3) is 5.57 Å². The lowest BCUT2D eigenvalue weighted by Crippen LogP contribution is -2.29. The van der Waals surface area contributed by atoms with Gasteiger partial charge in [-0.15, -0.1) is 0 Å². The quantitative estimate of drug-likeness (QED) is 0.0848. The van der Waals surface area contributed by atoms with Crippen LogP contribution in [0.5, 0.6) is 5.75 Å². The Labute approximate surface area is 351 Å². The van der Waals surface area contributed by atoms with Crippen molar-refractivity contribution in [3.63, 3.8) is 0 Å². The molecule has 0 aromatic heterocycles. The number of Topliss-reactive ketones (excluding diaryl/α,β-unsaturated/α-hetero) is 1. The van der Waals surface area contributed by atoms with E-state index in [0.717, 1.165) is 86.9 Å². The van der Waals surface area contributed by atoms with Crippen LogP contribution in [0.4, 0.5) is 5.69 Å². The van der Waals surface area contributed by atoms with Gasteiger partial charge >= 0.3 is 0 Å². The van der Waals surface area contributed by atoms with E-state index in [4.69, 9.17) is 0 Å². The summed E-state index contributed by atoms with van der Waals surface area (Å²) < 4.78 is 0. The van der Waals surface area contributed by atoms with Gasteiger partial charge in [-0.25, -0.2) is 0 Å². The Kier molecular flexibility index (Phi) is 16.1. The van der Waals surface area contributed by atoms with Gasteiger partial charge in [0, 0.05) is 60.8 Å². The molecule has 1 aromatic rings. The third kappa shape index (κ3) is 11.5. The van der Waals surface area contributed by atoms with E-state index in [1.54, 1.807) is 24.3 Å². The molecule has 0 aliphatic heterocycles. The van der Waals surface area contributed by atoms with Crippen LogP contribution in [0.15, 0.2) is 59.0 Å². The Hall–Kier alpha value is -3.28. The molecule has 0 heterocycles. The van der Waals surface area contributed by atoms with Crippen LogP contribution in [-0.2, 0) is 9.59 Å². The smallest absolute Gasteiger partial charge is 0.202 e. The van der Waals surface area contributed by atoms with E-state index in [2.05, 4.69) is 9.80 Å². The fourth-order valence-electron chi connectivity index (χ4n) is 11.6. The van der Waals surface area contributed by atoms with E-state index in [1.165, 1.54) is 154 Å². The Morgan fingerprint density at radius 1 is 0.517 bits per heavy atom. The highest BCUT2D eigenvalue weighted by Gasteiger charge is 2.40. The molecule has 0 radical (unpaired) electrons. The first-order chi connectivity index (χ1) is 28.4. The van der Waals surface area contributed by atoms with Crippen molar-refractivity contribution in [3.05, 3.63) is 64.6 Å². The number of ketones is 2. The largest absolute Gasteiger partial charge is 0.507 e. The summed E-state index contributed by atoms with van der Waals surface area (Å²) in [4.78, 5) is 32.2. The number of hydrogen-bond acceptors (Lipinski definition) is 6. The molecule has 6 heteroatoms. The van der Waals surface area contributed by atoms with Crippen molar-refractivity contribution < 1.29 is 19.8 Å². The fourth-order valence-corrected chi connectivity index (χ4v) is 11.6. The lowest BCUT2D eigenvalue weighted by molar-refractivity contribution is -0.114. The fraction of sp³-hybridized carbons (Fsp3) is 0.692. The van der Waals surface area contributed by atoms with Crippen LogP contribution in [0.3, 0.4) is 0 Å². The topological polar surface area (TPSA) is 81.1 Å². The number of unbranched alkanes of at least 4 members (excludes halogenated alkanes) is 4. The van der Waals surface area contributed by atoms with Crippen LogP contribution >= 0.6 is 0 Å². The normalized spacial score (nSPS) is 22.2. The summed E-state index contributed by atoms with van der Waals surface area (Å²) in [6, 6.07) is 5.56. The van der Waals surface area contributed by atoms with Crippen molar-refractivity contribution in [1.29, 1.82) is 0 Å². The van der Waals surface area contributed by atoms with Crippen LogP contribution in [0, 0.1) is 23.7 Å². The summed E-state index contributed by atoms with van der Waals surface area (Å²) in [5, 5.41) is 22.7. The van der Waals surface area contributed by atoms with E-state index in [-0.39, 0.29) is 39.8 Å². The molecule has 0 saturated heterocycles. The minimum Gasteiger partial charge on any atom is -0.507 e. The molecule has 0 spiro atoms. The molecule has 6 aliphatic rings. The molecule has 0 unspecified atom stereocenters. The molecule has 4 saturated carbocycles. The number of aliphatic hydroxyl groups is 1. The van der Waals surface area contributed by atoms with Gasteiger partial charge in [-0.1, -0.05) is 154 Å². The number of hydrogen-bond donors (Lipinski definition) is 2. The number of benzene rings is 1. The van der Waals surface area contributed by atoms with Gasteiger partial charge in [0.1, 0.15) is 11.5 Å². The molecule has 0 amide bonds. The number of rotatable bonds is 23. The second-order valence-electron chi connectivity index (χ2n) is 19.4. The number of nitrogens with zero attached hydrogens (tertiary/aromatic N) is 2. The van der Waals surface area contributed by atoms with E-state index in [9.17, 15) is 19.8 Å². The molecule has 7 rings (SSSR count). The maximum absolute atomic E-state index is 13.7. The molecule has 0 bridgehead atoms. The van der Waals surface area contributed by atoms with Gasteiger partial charge in [0.2, 0.25) is 5.78 Å². The molecule has 2 N–H and O–H groups in total. The number of aliphatic hydroxyl groups excluding tert-OH is 1. The van der Waals surface area contributed by atoms with Crippen LogP contribution < -0.4 is 4.90 Å². The maximum Gasteiger partial charge on any atom is 0.202 e. The number of anilines is 1. The number of carbonyl (C=O) groups is 2. The SMILES string of the molecule is O=C1C=C(N(CCCCC2CCCC2)CCCCC2CCCC2)C=CC1=C1C(=O)C(c2ccc(N(CCCCC3CCCC3)CCCCC3CCCC3)cc2O)=C1O. The van der Waals surface area contributed by atoms with Crippen molar-refractivity contribution in [3.8, 4) is 5.75 Å². The predicted molar refractivity (Wildman–Crippen MR) is 239 cm³/mol. The highest BCUT2D eigenvalue weighted by Crippen LogP contribution is 2.43. The molecule has 0 atom stereocenters. The Bertz CT molecular complexity index is 1600. The number of aromatic hydroxyl groups is 1. The zero-order valence-corrected chi connectivity index (χ0v) is 36.0. The average Bonchev–Trinajstić information content (AvgIpc) is 4.08. The van der Waals surface area contributed by atoms with E-state index >= 15 is 0 Å². The number of carbonyl (C=O) groups excluding carboxylic acids is 2. The first-order valence-corrected chi connectivity index (χ1v) is 24.4. The van der Waals surface area contributed by atoms with Gasteiger partial charge in [-0.05, 0) is 73.6 Å². The molecule has 6 aliphatic carbocycles. The second kappa shape index (κ2) is 21.8. The first kappa shape index (κ1) is 42.8. The molecule has 1 aromatic carbocycles. The Morgan fingerprint density at radius 3 is 1.34 bits per heavy atom. The number of allylic oxidation sites excluding steroid dienone is 6. The monoisotopic (exact) mass is 793 g/mol. The van der Waals surface area contributed by atoms with Gasteiger partial charge < -0.3 is 20.0 Å². The zero-order chi connectivity index (χ0) is 40.1. The Balaban J connectivity index is 0.987. The molecule has 4 fully saturated rings. The highest BCUT2D eigenvalue weighted by atomic mass is 16.3. The molecule has 6 nitrogen and oxygen atoms in total. The van der Waals surface area contributed by atoms with Gasteiger partial charge in [0.15, 0.2) is 5.78 Å². The summed E-state index contributed by atoms with van der Waals surface area (Å²) in [6.07, 6.45) is 42.3. The minimum absolute atomic E-state index is 0.00237. The standard InChI is InChI=1S/C52H76N2O4/c55-47-37-43(53(33-13-9-25-39-17-1-2-18-39)34-14-10-26-40-19-3-4-20-40)29-31-45(47)49-51(57)50(52(49)58)46-32-30-44(38-48(46)56)54(35-15-11-27-41-21-5-6-22-41)36-16-12-28-42-23-7-8-24-42/h29-32,37-42,55,57H,1-28,33-36H2. The van der Waals surface area contributed by atoms with E-state index in [0.29, 0.717) is 5.56 Å². The van der Waals surface area contributed by atoms with Gasteiger partial charge in [0.05, 0.1) is 11.1 Å². The first-order valence-electron chi connectivity index (χ1n) is 24.4. The van der Waals surface area contributed by atoms with E-state index < -0.39 is 0 Å². The number of phenolic OH excluding ortho intramolecular Hbond substituents is 1. The summed E-state index contributed by atoms with van der Waals surface area (Å²) >= 11 is 0. The summed E-state index contributed by atoms with van der Waals surface area (Å²) in [5.41, 5.74) is 2.64. The average molecular weight is 793 g/mol. The molecular formula is C52H76N2O4. The summed E-state index contributed by atoms with van der Waals surface area (Å²) in [7, 11) is 0. The number of phenols is 1. The van der Waals surface area contributed by atoms with Gasteiger partial charge in [-0.3, -0.25) is 9.59 Å². The maximum atomic E-state index is 13.7. The predicted octanol–water partition coefficient (Wildman–Crippen LogP) is 13.1. The minimum atomic E-state index is -0.378. The van der Waals surface area contributed by atoms with Crippen LogP contribution in [-0.4, -0.2) is 52.9 Å². The van der Waals surface area contributed by atoms with Crippen molar-refractivity contribution in [1.82, 2.24) is 4.90 Å². The molecule has 58 heavy (non-hydrogen) atoms.